The molecule has 0 aliphatic rings. The van der Waals surface area contributed by atoms with Crippen LogP contribution in [0.25, 0.3) is 0 Å². The zero-order valence-electron chi connectivity index (χ0n) is 10.5. The number of unbranched alkanes of at least 4 members (excludes halogenated alkanes) is 3. The molecule has 0 fully saturated rings. The van der Waals surface area contributed by atoms with Crippen molar-refractivity contribution in [2.45, 2.75) is 66.7 Å². The first-order valence-electron chi connectivity index (χ1n) is 5.94. The van der Waals surface area contributed by atoms with Gasteiger partial charge in [0.1, 0.15) is 5.78 Å². The zero-order valence-corrected chi connectivity index (χ0v) is 10.5. The Morgan fingerprint density at radius 2 is 1.71 bits per heavy atom. The van der Waals surface area contributed by atoms with E-state index in [9.17, 15) is 4.79 Å². The van der Waals surface area contributed by atoms with Gasteiger partial charge < -0.3 is 0 Å². The van der Waals surface area contributed by atoms with Gasteiger partial charge in [-0.1, -0.05) is 60.3 Å². The molecule has 0 aliphatic heterocycles. The third kappa shape index (κ3) is 5.41. The summed E-state index contributed by atoms with van der Waals surface area (Å²) in [5, 5.41) is 0. The van der Waals surface area contributed by atoms with E-state index in [1.165, 1.54) is 25.7 Å². The highest BCUT2D eigenvalue weighted by molar-refractivity contribution is 5.85. The quantitative estimate of drug-likeness (QED) is 0.584. The SMILES string of the molecule is CCCCCCC(C)C(=O)C(C)(C)C. The molecule has 14 heavy (non-hydrogen) atoms. The molecule has 1 unspecified atom stereocenters. The second kappa shape index (κ2) is 6.21. The van der Waals surface area contributed by atoms with Crippen molar-refractivity contribution >= 4 is 5.78 Å². The Bertz CT molecular complexity index is 165. The predicted molar refractivity (Wildman–Crippen MR) is 62.4 cm³/mol. The standard InChI is InChI=1S/C13H26O/c1-6-7-8-9-10-11(2)12(14)13(3,4)5/h11H,6-10H2,1-5H3. The first-order chi connectivity index (χ1) is 6.39. The van der Waals surface area contributed by atoms with Crippen molar-refractivity contribution in [1.82, 2.24) is 0 Å². The van der Waals surface area contributed by atoms with E-state index in [2.05, 4.69) is 13.8 Å². The van der Waals surface area contributed by atoms with Crippen LogP contribution in [0.5, 0.6) is 0 Å². The van der Waals surface area contributed by atoms with Crippen molar-refractivity contribution in [2.75, 3.05) is 0 Å². The minimum Gasteiger partial charge on any atom is -0.299 e. The molecule has 0 saturated carbocycles. The fraction of sp³-hybridized carbons (Fsp3) is 0.923. The minimum atomic E-state index is -0.163. The number of ketones is 1. The molecule has 1 heteroatoms. The van der Waals surface area contributed by atoms with Gasteiger partial charge in [-0.25, -0.2) is 0 Å². The van der Waals surface area contributed by atoms with Crippen LogP contribution >= 0.6 is 0 Å². The normalized spacial score (nSPS) is 14.1. The summed E-state index contributed by atoms with van der Waals surface area (Å²) in [6, 6.07) is 0. The highest BCUT2D eigenvalue weighted by Crippen LogP contribution is 2.23. The highest BCUT2D eigenvalue weighted by atomic mass is 16.1. The Balaban J connectivity index is 3.74. The molecular weight excluding hydrogens is 172 g/mol. The van der Waals surface area contributed by atoms with Crippen LogP contribution in [0, 0.1) is 11.3 Å². The molecule has 0 saturated heterocycles. The van der Waals surface area contributed by atoms with Gasteiger partial charge in [0.2, 0.25) is 0 Å². The molecule has 0 radical (unpaired) electrons. The smallest absolute Gasteiger partial charge is 0.140 e. The van der Waals surface area contributed by atoms with Crippen molar-refractivity contribution in [3.8, 4) is 0 Å². The van der Waals surface area contributed by atoms with Gasteiger partial charge in [0.25, 0.3) is 0 Å². The molecule has 0 rings (SSSR count). The number of hydrogen-bond donors (Lipinski definition) is 0. The van der Waals surface area contributed by atoms with Crippen LogP contribution in [0.3, 0.4) is 0 Å². The molecule has 0 aromatic rings. The lowest BCUT2D eigenvalue weighted by molar-refractivity contribution is -0.130. The van der Waals surface area contributed by atoms with Gasteiger partial charge in [0.05, 0.1) is 0 Å². The summed E-state index contributed by atoms with van der Waals surface area (Å²) in [5.41, 5.74) is -0.163. The summed E-state index contributed by atoms with van der Waals surface area (Å²) in [4.78, 5) is 11.8. The van der Waals surface area contributed by atoms with Crippen LogP contribution in [-0.4, -0.2) is 5.78 Å². The van der Waals surface area contributed by atoms with Crippen molar-refractivity contribution in [3.05, 3.63) is 0 Å². The molecular formula is C13H26O. The van der Waals surface area contributed by atoms with E-state index < -0.39 is 0 Å². The predicted octanol–water partition coefficient (Wildman–Crippen LogP) is 4.21. The second-order valence-corrected chi connectivity index (χ2v) is 5.36. The van der Waals surface area contributed by atoms with E-state index in [-0.39, 0.29) is 11.3 Å². The lowest BCUT2D eigenvalue weighted by Crippen LogP contribution is -2.26. The summed E-state index contributed by atoms with van der Waals surface area (Å²) in [5.74, 6) is 0.654. The first kappa shape index (κ1) is 13.7. The van der Waals surface area contributed by atoms with Crippen molar-refractivity contribution in [2.24, 2.45) is 11.3 Å². The van der Waals surface area contributed by atoms with Crippen LogP contribution < -0.4 is 0 Å². The van der Waals surface area contributed by atoms with E-state index in [0.29, 0.717) is 5.78 Å². The molecule has 84 valence electrons. The number of hydrogen-bond acceptors (Lipinski definition) is 1. The van der Waals surface area contributed by atoms with Gasteiger partial charge in [-0.2, -0.15) is 0 Å². The van der Waals surface area contributed by atoms with E-state index in [0.717, 1.165) is 6.42 Å². The lowest BCUT2D eigenvalue weighted by atomic mass is 9.82. The average molecular weight is 198 g/mol. The van der Waals surface area contributed by atoms with Crippen molar-refractivity contribution in [1.29, 1.82) is 0 Å². The largest absolute Gasteiger partial charge is 0.299 e. The number of carbonyl (C=O) groups excluding carboxylic acids is 1. The summed E-state index contributed by atoms with van der Waals surface area (Å²) in [7, 11) is 0. The fourth-order valence-corrected chi connectivity index (χ4v) is 1.75. The van der Waals surface area contributed by atoms with E-state index in [1.54, 1.807) is 0 Å². The third-order valence-electron chi connectivity index (χ3n) is 2.68. The summed E-state index contributed by atoms with van der Waals surface area (Å²) >= 11 is 0. The van der Waals surface area contributed by atoms with Gasteiger partial charge in [-0.3, -0.25) is 4.79 Å². The summed E-state index contributed by atoms with van der Waals surface area (Å²) in [6.07, 6.45) is 6.11. The maximum atomic E-state index is 11.8. The van der Waals surface area contributed by atoms with Crippen LogP contribution in [0.1, 0.15) is 66.7 Å². The average Bonchev–Trinajstić information content (AvgIpc) is 2.09. The molecule has 0 aliphatic carbocycles. The van der Waals surface area contributed by atoms with Crippen LogP contribution in [0.15, 0.2) is 0 Å². The van der Waals surface area contributed by atoms with Gasteiger partial charge in [0.15, 0.2) is 0 Å². The van der Waals surface area contributed by atoms with Crippen LogP contribution in [0.2, 0.25) is 0 Å². The maximum Gasteiger partial charge on any atom is 0.140 e. The van der Waals surface area contributed by atoms with E-state index in [4.69, 9.17) is 0 Å². The minimum absolute atomic E-state index is 0.163. The summed E-state index contributed by atoms with van der Waals surface area (Å²) in [6.45, 7) is 10.3. The molecule has 0 bridgehead atoms. The first-order valence-corrected chi connectivity index (χ1v) is 5.94. The number of carbonyl (C=O) groups is 1. The monoisotopic (exact) mass is 198 g/mol. The van der Waals surface area contributed by atoms with Gasteiger partial charge in [-0.15, -0.1) is 0 Å². The van der Waals surface area contributed by atoms with E-state index in [1.807, 2.05) is 20.8 Å². The Morgan fingerprint density at radius 3 is 2.14 bits per heavy atom. The molecule has 1 atom stereocenters. The fourth-order valence-electron chi connectivity index (χ4n) is 1.75. The topological polar surface area (TPSA) is 17.1 Å². The molecule has 0 spiro atoms. The van der Waals surface area contributed by atoms with Crippen LogP contribution in [0.4, 0.5) is 0 Å². The summed E-state index contributed by atoms with van der Waals surface area (Å²) < 4.78 is 0. The highest BCUT2D eigenvalue weighted by Gasteiger charge is 2.25. The zero-order chi connectivity index (χ0) is 11.2. The second-order valence-electron chi connectivity index (χ2n) is 5.36. The lowest BCUT2D eigenvalue weighted by Gasteiger charge is -2.21. The Morgan fingerprint density at radius 1 is 1.14 bits per heavy atom. The Labute approximate surface area is 89.3 Å². The van der Waals surface area contributed by atoms with Crippen molar-refractivity contribution < 1.29 is 4.79 Å². The molecule has 0 amide bonds. The van der Waals surface area contributed by atoms with Gasteiger partial charge >= 0.3 is 0 Å². The molecule has 0 aromatic heterocycles. The van der Waals surface area contributed by atoms with Crippen LogP contribution in [-0.2, 0) is 4.79 Å². The third-order valence-corrected chi connectivity index (χ3v) is 2.68. The number of Topliss-reactive ketones (excluding diaryl/α,β-unsaturated/α-hetero) is 1. The molecule has 0 N–H and O–H groups in total. The Kier molecular flexibility index (Phi) is 6.06. The van der Waals surface area contributed by atoms with Gasteiger partial charge in [-0.05, 0) is 6.42 Å². The number of rotatable bonds is 6. The molecule has 0 aromatic carbocycles. The molecule has 0 heterocycles. The maximum absolute atomic E-state index is 11.8. The van der Waals surface area contributed by atoms with Crippen molar-refractivity contribution in [3.63, 3.8) is 0 Å². The van der Waals surface area contributed by atoms with Gasteiger partial charge in [0, 0.05) is 11.3 Å². The molecule has 1 nitrogen and oxygen atoms in total. The van der Waals surface area contributed by atoms with E-state index >= 15 is 0 Å². The Hall–Kier alpha value is -0.330.